The zero-order chi connectivity index (χ0) is 17.6. The monoisotopic (exact) mass is 337 g/mol. The molecule has 5 nitrogen and oxygen atoms in total. The normalized spacial score (nSPS) is 10.3. The maximum atomic E-state index is 13.2. The minimum Gasteiger partial charge on any atom is -0.497 e. The first-order chi connectivity index (χ1) is 12.2. The summed E-state index contributed by atoms with van der Waals surface area (Å²) in [7, 11) is 3.16. The van der Waals surface area contributed by atoms with Gasteiger partial charge in [-0.15, -0.1) is 0 Å². The Morgan fingerprint density at radius 1 is 0.960 bits per heavy atom. The quantitative estimate of drug-likeness (QED) is 0.678. The Kier molecular flexibility index (Phi) is 5.04. The van der Waals surface area contributed by atoms with E-state index in [-0.39, 0.29) is 5.91 Å². The second kappa shape index (κ2) is 7.57. The van der Waals surface area contributed by atoms with Crippen molar-refractivity contribution in [1.82, 2.24) is 0 Å². The Labute approximate surface area is 146 Å². The van der Waals surface area contributed by atoms with Crippen molar-refractivity contribution < 1.29 is 18.7 Å². The molecule has 0 fully saturated rings. The van der Waals surface area contributed by atoms with Crippen LogP contribution in [0.4, 0.5) is 5.69 Å². The molecule has 0 saturated carbocycles. The predicted molar refractivity (Wildman–Crippen MR) is 95.2 cm³/mol. The van der Waals surface area contributed by atoms with Gasteiger partial charge in [0.05, 0.1) is 32.6 Å². The summed E-state index contributed by atoms with van der Waals surface area (Å²) in [5.41, 5.74) is 1.24. The third kappa shape index (κ3) is 3.66. The van der Waals surface area contributed by atoms with Gasteiger partial charge in [0, 0.05) is 5.69 Å². The first kappa shape index (κ1) is 16.6. The molecular weight excluding hydrogens is 318 g/mol. The van der Waals surface area contributed by atoms with Gasteiger partial charge in [0.15, 0.2) is 0 Å². The van der Waals surface area contributed by atoms with Crippen molar-refractivity contribution >= 4 is 11.6 Å². The van der Waals surface area contributed by atoms with E-state index in [1.807, 2.05) is 42.5 Å². The van der Waals surface area contributed by atoms with Gasteiger partial charge in [-0.2, -0.15) is 0 Å². The van der Waals surface area contributed by atoms with Crippen LogP contribution < -0.4 is 14.4 Å². The highest BCUT2D eigenvalue weighted by Crippen LogP contribution is 2.26. The van der Waals surface area contributed by atoms with Crippen molar-refractivity contribution in [3.63, 3.8) is 0 Å². The van der Waals surface area contributed by atoms with Crippen molar-refractivity contribution in [2.24, 2.45) is 0 Å². The predicted octanol–water partition coefficient (Wildman–Crippen LogP) is 4.14. The van der Waals surface area contributed by atoms with Gasteiger partial charge in [-0.25, -0.2) is 0 Å². The summed E-state index contributed by atoms with van der Waals surface area (Å²) >= 11 is 0. The number of benzene rings is 2. The summed E-state index contributed by atoms with van der Waals surface area (Å²) in [6, 6.07) is 18.1. The number of furan rings is 1. The van der Waals surface area contributed by atoms with Crippen molar-refractivity contribution in [3.8, 4) is 11.5 Å². The highest BCUT2D eigenvalue weighted by Gasteiger charge is 2.22. The highest BCUT2D eigenvalue weighted by molar-refractivity contribution is 6.07. The number of carbonyl (C=O) groups excluding carboxylic acids is 1. The molecule has 3 rings (SSSR count). The van der Waals surface area contributed by atoms with Crippen molar-refractivity contribution in [2.45, 2.75) is 6.54 Å². The number of ether oxygens (including phenoxy) is 2. The number of nitrogens with zero attached hydrogens (tertiary/aromatic N) is 1. The molecule has 0 saturated heterocycles. The van der Waals surface area contributed by atoms with Crippen LogP contribution in [0.1, 0.15) is 16.1 Å². The molecule has 0 bridgehead atoms. The number of rotatable bonds is 6. The van der Waals surface area contributed by atoms with Crippen LogP contribution in [0.5, 0.6) is 11.5 Å². The molecule has 1 aromatic heterocycles. The number of hydrogen-bond acceptors (Lipinski definition) is 4. The second-order valence-electron chi connectivity index (χ2n) is 5.37. The number of carbonyl (C=O) groups is 1. The van der Waals surface area contributed by atoms with Gasteiger partial charge in [0.25, 0.3) is 5.91 Å². The van der Waals surface area contributed by atoms with E-state index in [9.17, 15) is 4.79 Å². The smallest absolute Gasteiger partial charge is 0.262 e. The molecule has 1 amide bonds. The Morgan fingerprint density at radius 2 is 1.72 bits per heavy atom. The summed E-state index contributed by atoms with van der Waals surface area (Å²) in [4.78, 5) is 14.8. The fourth-order valence-electron chi connectivity index (χ4n) is 2.57. The Hall–Kier alpha value is -3.21. The fraction of sp³-hybridized carbons (Fsp3) is 0.150. The van der Waals surface area contributed by atoms with Crippen LogP contribution >= 0.6 is 0 Å². The van der Waals surface area contributed by atoms with Crippen LogP contribution in [-0.2, 0) is 6.54 Å². The molecule has 0 aliphatic rings. The van der Waals surface area contributed by atoms with Crippen molar-refractivity contribution in [3.05, 3.63) is 78.3 Å². The van der Waals surface area contributed by atoms with Crippen LogP contribution in [0.15, 0.2) is 71.3 Å². The van der Waals surface area contributed by atoms with Gasteiger partial charge in [0.2, 0.25) is 0 Å². The second-order valence-corrected chi connectivity index (χ2v) is 5.37. The molecule has 5 heteroatoms. The van der Waals surface area contributed by atoms with E-state index in [1.54, 1.807) is 43.6 Å². The van der Waals surface area contributed by atoms with E-state index < -0.39 is 0 Å². The molecule has 1 heterocycles. The minimum atomic E-state index is -0.168. The van der Waals surface area contributed by atoms with Crippen molar-refractivity contribution in [2.75, 3.05) is 19.1 Å². The summed E-state index contributed by atoms with van der Waals surface area (Å²) in [6.45, 7) is 0.316. The SMILES string of the molecule is COc1ccc(N(Cc2ccco2)C(=O)c2ccccc2OC)cc1. The van der Waals surface area contributed by atoms with Gasteiger partial charge in [-0.05, 0) is 48.5 Å². The molecule has 0 atom stereocenters. The molecular formula is C20H19NO4. The molecule has 128 valence electrons. The Bertz CT molecular complexity index is 825. The van der Waals surface area contributed by atoms with E-state index in [0.29, 0.717) is 23.6 Å². The lowest BCUT2D eigenvalue weighted by atomic mass is 10.1. The largest absolute Gasteiger partial charge is 0.497 e. The summed E-state index contributed by atoms with van der Waals surface area (Å²) in [5, 5.41) is 0. The molecule has 25 heavy (non-hydrogen) atoms. The maximum absolute atomic E-state index is 13.2. The van der Waals surface area contributed by atoms with Crippen LogP contribution in [0.2, 0.25) is 0 Å². The third-order valence-electron chi connectivity index (χ3n) is 3.86. The van der Waals surface area contributed by atoms with Crippen LogP contribution in [-0.4, -0.2) is 20.1 Å². The number of hydrogen-bond donors (Lipinski definition) is 0. The van der Waals surface area contributed by atoms with E-state index in [0.717, 1.165) is 11.4 Å². The number of anilines is 1. The number of para-hydroxylation sites is 1. The van der Waals surface area contributed by atoms with Crippen molar-refractivity contribution in [1.29, 1.82) is 0 Å². The van der Waals surface area contributed by atoms with Gasteiger partial charge < -0.3 is 18.8 Å². The number of methoxy groups -OCH3 is 2. The lowest BCUT2D eigenvalue weighted by Crippen LogP contribution is -2.30. The lowest BCUT2D eigenvalue weighted by molar-refractivity contribution is 0.0980. The van der Waals surface area contributed by atoms with E-state index in [2.05, 4.69) is 0 Å². The van der Waals surface area contributed by atoms with Gasteiger partial charge >= 0.3 is 0 Å². The van der Waals surface area contributed by atoms with Gasteiger partial charge in [-0.3, -0.25) is 4.79 Å². The number of amides is 1. The minimum absolute atomic E-state index is 0.168. The molecule has 2 aromatic carbocycles. The topological polar surface area (TPSA) is 51.9 Å². The Morgan fingerprint density at radius 3 is 2.36 bits per heavy atom. The van der Waals surface area contributed by atoms with E-state index in [4.69, 9.17) is 13.9 Å². The summed E-state index contributed by atoms with van der Waals surface area (Å²) in [6.07, 6.45) is 1.59. The summed E-state index contributed by atoms with van der Waals surface area (Å²) < 4.78 is 16.0. The molecule has 0 unspecified atom stereocenters. The lowest BCUT2D eigenvalue weighted by Gasteiger charge is -2.23. The van der Waals surface area contributed by atoms with Crippen LogP contribution in [0.25, 0.3) is 0 Å². The van der Waals surface area contributed by atoms with Gasteiger partial charge in [-0.1, -0.05) is 12.1 Å². The summed E-state index contributed by atoms with van der Waals surface area (Å²) in [5.74, 6) is 1.79. The molecule has 0 aliphatic heterocycles. The third-order valence-corrected chi connectivity index (χ3v) is 3.86. The molecule has 0 aliphatic carbocycles. The first-order valence-electron chi connectivity index (χ1n) is 7.84. The average Bonchev–Trinajstić information content (AvgIpc) is 3.19. The van der Waals surface area contributed by atoms with Crippen LogP contribution in [0, 0.1) is 0 Å². The maximum Gasteiger partial charge on any atom is 0.262 e. The zero-order valence-corrected chi connectivity index (χ0v) is 14.1. The van der Waals surface area contributed by atoms with E-state index >= 15 is 0 Å². The average molecular weight is 337 g/mol. The van der Waals surface area contributed by atoms with E-state index in [1.165, 1.54) is 0 Å². The fourth-order valence-corrected chi connectivity index (χ4v) is 2.57. The molecule has 0 spiro atoms. The van der Waals surface area contributed by atoms with Gasteiger partial charge in [0.1, 0.15) is 17.3 Å². The molecule has 0 N–H and O–H groups in total. The molecule has 0 radical (unpaired) electrons. The first-order valence-corrected chi connectivity index (χ1v) is 7.84. The Balaban J connectivity index is 1.98. The zero-order valence-electron chi connectivity index (χ0n) is 14.1. The standard InChI is InChI=1S/C20H19NO4/c1-23-16-11-9-15(10-12-16)21(14-17-6-5-13-25-17)20(22)18-7-3-4-8-19(18)24-2/h3-13H,14H2,1-2H3. The molecule has 3 aromatic rings. The highest BCUT2D eigenvalue weighted by atomic mass is 16.5. The van der Waals surface area contributed by atoms with Crippen LogP contribution in [0.3, 0.4) is 0 Å².